The van der Waals surface area contributed by atoms with Crippen molar-refractivity contribution in [1.29, 1.82) is 0 Å². The van der Waals surface area contributed by atoms with Crippen molar-refractivity contribution < 1.29 is 28.3 Å². The van der Waals surface area contributed by atoms with Crippen LogP contribution in [0.2, 0.25) is 0 Å². The first-order valence-corrected chi connectivity index (χ1v) is 11.5. The summed E-state index contributed by atoms with van der Waals surface area (Å²) in [6, 6.07) is 13.3. The monoisotopic (exact) mass is 483 g/mol. The number of benzene rings is 2. The molecule has 3 aromatic rings. The van der Waals surface area contributed by atoms with Gasteiger partial charge in [0, 0.05) is 25.1 Å². The van der Waals surface area contributed by atoms with Crippen molar-refractivity contribution >= 4 is 5.91 Å². The van der Waals surface area contributed by atoms with Crippen LogP contribution in [0.1, 0.15) is 25.3 Å². The van der Waals surface area contributed by atoms with Crippen LogP contribution in [0.3, 0.4) is 0 Å². The minimum atomic E-state index is -0.0704. The molecule has 1 aromatic heterocycles. The first-order chi connectivity index (χ1) is 16.9. The van der Waals surface area contributed by atoms with E-state index in [2.05, 4.69) is 24.0 Å². The maximum absolute atomic E-state index is 12.8. The Hall–Kier alpha value is -3.59. The molecule has 0 aliphatic heterocycles. The van der Waals surface area contributed by atoms with Gasteiger partial charge in [0.2, 0.25) is 23.4 Å². The molecule has 0 fully saturated rings. The minimum Gasteiger partial charge on any atom is -0.493 e. The van der Waals surface area contributed by atoms with Crippen LogP contribution in [0.25, 0.3) is 11.4 Å². The average molecular weight is 484 g/mol. The number of aromatic nitrogens is 2. The molecule has 35 heavy (non-hydrogen) atoms. The van der Waals surface area contributed by atoms with E-state index in [-0.39, 0.29) is 12.5 Å². The number of hydrogen-bond acceptors (Lipinski definition) is 8. The fourth-order valence-electron chi connectivity index (χ4n) is 3.59. The Labute approximate surface area is 205 Å². The Bertz CT molecular complexity index is 1060. The molecule has 0 atom stereocenters. The lowest BCUT2D eigenvalue weighted by molar-refractivity contribution is -0.137. The molecule has 0 unspecified atom stereocenters. The molecule has 0 N–H and O–H groups in total. The van der Waals surface area contributed by atoms with Gasteiger partial charge in [0.1, 0.15) is 6.61 Å². The molecular formula is C26H33N3O6. The first-order valence-electron chi connectivity index (χ1n) is 11.5. The van der Waals surface area contributed by atoms with E-state index in [0.717, 1.165) is 5.56 Å². The fraction of sp³-hybridized carbons (Fsp3) is 0.423. The van der Waals surface area contributed by atoms with Crippen LogP contribution in [0.15, 0.2) is 47.0 Å². The zero-order chi connectivity index (χ0) is 25.2. The van der Waals surface area contributed by atoms with Gasteiger partial charge in [0.05, 0.1) is 27.9 Å². The molecule has 0 aliphatic carbocycles. The van der Waals surface area contributed by atoms with Crippen molar-refractivity contribution in [2.75, 3.05) is 41.0 Å². The molecule has 1 amide bonds. The van der Waals surface area contributed by atoms with Gasteiger partial charge in [-0.1, -0.05) is 49.3 Å². The summed E-state index contributed by atoms with van der Waals surface area (Å²) in [5, 5.41) is 4.09. The molecule has 0 spiro atoms. The van der Waals surface area contributed by atoms with Gasteiger partial charge in [-0.15, -0.1) is 0 Å². The Morgan fingerprint density at radius 1 is 1.03 bits per heavy atom. The highest BCUT2D eigenvalue weighted by atomic mass is 16.5. The van der Waals surface area contributed by atoms with E-state index in [1.54, 1.807) is 38.4 Å². The summed E-state index contributed by atoms with van der Waals surface area (Å²) in [5.41, 5.74) is 1.69. The average Bonchev–Trinajstić information content (AvgIpc) is 3.35. The molecule has 0 bridgehead atoms. The lowest BCUT2D eigenvalue weighted by Gasteiger charge is -2.24. The Balaban J connectivity index is 1.64. The molecule has 188 valence electrons. The Morgan fingerprint density at radius 2 is 1.71 bits per heavy atom. The lowest BCUT2D eigenvalue weighted by atomic mass is 10.1. The third kappa shape index (κ3) is 7.19. The minimum absolute atomic E-state index is 0.0160. The van der Waals surface area contributed by atoms with Crippen LogP contribution in [0, 0.1) is 5.92 Å². The fourth-order valence-corrected chi connectivity index (χ4v) is 3.59. The topological polar surface area (TPSA) is 96.2 Å². The van der Waals surface area contributed by atoms with Crippen LogP contribution >= 0.6 is 0 Å². The van der Waals surface area contributed by atoms with E-state index >= 15 is 0 Å². The Kier molecular flexibility index (Phi) is 9.48. The molecule has 3 rings (SSSR count). The largest absolute Gasteiger partial charge is 0.493 e. The molecule has 0 saturated carbocycles. The molecule has 9 nitrogen and oxygen atoms in total. The van der Waals surface area contributed by atoms with E-state index in [0.29, 0.717) is 66.6 Å². The summed E-state index contributed by atoms with van der Waals surface area (Å²) in [6.07, 6.45) is 0.425. The number of amides is 1. The summed E-state index contributed by atoms with van der Waals surface area (Å²) in [6.45, 7) is 5.61. The zero-order valence-corrected chi connectivity index (χ0v) is 20.9. The van der Waals surface area contributed by atoms with Crippen molar-refractivity contribution in [3.05, 3.63) is 53.9 Å². The number of hydrogen-bond donors (Lipinski definition) is 0. The lowest BCUT2D eigenvalue weighted by Crippen LogP contribution is -2.38. The molecular weight excluding hydrogens is 450 g/mol. The molecule has 0 aliphatic rings. The first kappa shape index (κ1) is 26.0. The second-order valence-electron chi connectivity index (χ2n) is 8.39. The Morgan fingerprint density at radius 3 is 2.31 bits per heavy atom. The molecule has 9 heteroatoms. The normalized spacial score (nSPS) is 10.9. The van der Waals surface area contributed by atoms with Crippen molar-refractivity contribution in [2.24, 2.45) is 5.92 Å². The summed E-state index contributed by atoms with van der Waals surface area (Å²) in [5.74, 6) is 2.55. The van der Waals surface area contributed by atoms with Gasteiger partial charge in [-0.05, 0) is 23.6 Å². The second-order valence-corrected chi connectivity index (χ2v) is 8.39. The highest BCUT2D eigenvalue weighted by molar-refractivity contribution is 5.77. The number of nitrogens with zero attached hydrogens (tertiary/aromatic N) is 3. The van der Waals surface area contributed by atoms with E-state index in [1.807, 2.05) is 30.3 Å². The van der Waals surface area contributed by atoms with Crippen LogP contribution in [0.4, 0.5) is 0 Å². The van der Waals surface area contributed by atoms with Gasteiger partial charge < -0.3 is 28.4 Å². The second kappa shape index (κ2) is 12.8. The summed E-state index contributed by atoms with van der Waals surface area (Å²) >= 11 is 0. The van der Waals surface area contributed by atoms with Crippen molar-refractivity contribution in [1.82, 2.24) is 15.0 Å². The van der Waals surface area contributed by atoms with Crippen LogP contribution in [-0.2, 0) is 22.6 Å². The zero-order valence-electron chi connectivity index (χ0n) is 20.9. The van der Waals surface area contributed by atoms with Crippen LogP contribution in [-0.4, -0.2) is 62.0 Å². The number of carbonyl (C=O) groups is 1. The van der Waals surface area contributed by atoms with Gasteiger partial charge in [0.15, 0.2) is 11.5 Å². The van der Waals surface area contributed by atoms with E-state index < -0.39 is 0 Å². The maximum atomic E-state index is 12.8. The SMILES string of the molecule is COc1cc(-c2noc(CCN(CC(C)C)C(=O)COCc3ccccc3)n2)cc(OC)c1OC. The van der Waals surface area contributed by atoms with Crippen molar-refractivity contribution in [3.8, 4) is 28.6 Å². The number of methoxy groups -OCH3 is 3. The van der Waals surface area contributed by atoms with E-state index in [4.69, 9.17) is 23.5 Å². The van der Waals surface area contributed by atoms with E-state index in [9.17, 15) is 4.79 Å². The molecule has 1 heterocycles. The summed E-state index contributed by atoms with van der Waals surface area (Å²) in [7, 11) is 4.64. The maximum Gasteiger partial charge on any atom is 0.248 e. The number of ether oxygens (including phenoxy) is 4. The molecule has 2 aromatic carbocycles. The smallest absolute Gasteiger partial charge is 0.248 e. The number of rotatable bonds is 13. The number of carbonyl (C=O) groups excluding carboxylic acids is 1. The van der Waals surface area contributed by atoms with Crippen LogP contribution < -0.4 is 14.2 Å². The van der Waals surface area contributed by atoms with E-state index in [1.165, 1.54) is 0 Å². The van der Waals surface area contributed by atoms with Gasteiger partial charge in [-0.2, -0.15) is 4.98 Å². The molecule has 0 radical (unpaired) electrons. The highest BCUT2D eigenvalue weighted by Gasteiger charge is 2.19. The van der Waals surface area contributed by atoms with Crippen LogP contribution in [0.5, 0.6) is 17.2 Å². The van der Waals surface area contributed by atoms with Gasteiger partial charge in [-0.3, -0.25) is 4.79 Å². The summed E-state index contributed by atoms with van der Waals surface area (Å²) in [4.78, 5) is 19.1. The quantitative estimate of drug-likeness (QED) is 0.360. The standard InChI is InChI=1S/C26H33N3O6/c1-18(2)15-29(24(30)17-34-16-19-9-7-6-8-10-19)12-11-23-27-26(28-35-23)20-13-21(31-3)25(33-5)22(14-20)32-4/h6-10,13-14,18H,11-12,15-17H2,1-5H3. The van der Waals surface area contributed by atoms with Crippen molar-refractivity contribution in [3.63, 3.8) is 0 Å². The third-order valence-electron chi connectivity index (χ3n) is 5.26. The predicted octanol–water partition coefficient (Wildman–Crippen LogP) is 4.01. The third-order valence-corrected chi connectivity index (χ3v) is 5.26. The van der Waals surface area contributed by atoms with Crippen molar-refractivity contribution in [2.45, 2.75) is 26.9 Å². The highest BCUT2D eigenvalue weighted by Crippen LogP contribution is 2.40. The molecule has 0 saturated heterocycles. The predicted molar refractivity (Wildman–Crippen MR) is 131 cm³/mol. The van der Waals surface area contributed by atoms with Gasteiger partial charge in [0.25, 0.3) is 0 Å². The summed E-state index contributed by atoms with van der Waals surface area (Å²) < 4.78 is 27.3. The van der Waals surface area contributed by atoms with Gasteiger partial charge >= 0.3 is 0 Å². The van der Waals surface area contributed by atoms with Gasteiger partial charge in [-0.25, -0.2) is 0 Å².